The van der Waals surface area contributed by atoms with E-state index in [1.807, 2.05) is 6.92 Å². The normalized spacial score (nSPS) is 11.8. The molecule has 0 radical (unpaired) electrons. The van der Waals surface area contributed by atoms with Crippen molar-refractivity contribution in [2.24, 2.45) is 0 Å². The lowest BCUT2D eigenvalue weighted by Gasteiger charge is -2.08. The molecule has 0 saturated heterocycles. The SMILES string of the molecule is CCCOCCOCCOCCOCCCOS(=O)(=O)c1ccc(C)cc1. The van der Waals surface area contributed by atoms with Gasteiger partial charge in [-0.3, -0.25) is 4.18 Å². The molecule has 7 nitrogen and oxygen atoms in total. The molecule has 0 amide bonds. The van der Waals surface area contributed by atoms with Crippen LogP contribution in [-0.2, 0) is 33.2 Å². The first-order valence-corrected chi connectivity index (χ1v) is 10.7. The highest BCUT2D eigenvalue weighted by atomic mass is 32.2. The maximum atomic E-state index is 12.0. The van der Waals surface area contributed by atoms with Crippen LogP contribution < -0.4 is 0 Å². The average Bonchev–Trinajstić information content (AvgIpc) is 2.65. The third-order valence-electron chi connectivity index (χ3n) is 3.45. The molecule has 0 spiro atoms. The van der Waals surface area contributed by atoms with Crippen molar-refractivity contribution < 1.29 is 31.5 Å². The van der Waals surface area contributed by atoms with Crippen molar-refractivity contribution >= 4 is 10.1 Å². The molecule has 0 atom stereocenters. The van der Waals surface area contributed by atoms with Crippen LogP contribution in [0.3, 0.4) is 0 Å². The molecule has 1 aromatic carbocycles. The molecule has 1 rings (SSSR count). The summed E-state index contributed by atoms with van der Waals surface area (Å²) in [5.41, 5.74) is 0.997. The van der Waals surface area contributed by atoms with Crippen molar-refractivity contribution in [3.63, 3.8) is 0 Å². The largest absolute Gasteiger partial charge is 0.379 e. The maximum Gasteiger partial charge on any atom is 0.296 e. The monoisotopic (exact) mass is 404 g/mol. The second-order valence-corrected chi connectivity index (χ2v) is 7.51. The summed E-state index contributed by atoms with van der Waals surface area (Å²) in [4.78, 5) is 0.168. The summed E-state index contributed by atoms with van der Waals surface area (Å²) < 4.78 is 50.3. The van der Waals surface area contributed by atoms with Crippen molar-refractivity contribution in [2.75, 3.05) is 59.5 Å². The predicted molar refractivity (Wildman–Crippen MR) is 103 cm³/mol. The summed E-state index contributed by atoms with van der Waals surface area (Å²) in [5, 5.41) is 0. The summed E-state index contributed by atoms with van der Waals surface area (Å²) in [6, 6.07) is 6.57. The Labute approximate surface area is 163 Å². The molecule has 0 fully saturated rings. The van der Waals surface area contributed by atoms with Gasteiger partial charge in [0.2, 0.25) is 0 Å². The topological polar surface area (TPSA) is 80.3 Å². The van der Waals surface area contributed by atoms with E-state index < -0.39 is 10.1 Å². The minimum atomic E-state index is -3.70. The van der Waals surface area contributed by atoms with Crippen LogP contribution in [0.1, 0.15) is 25.3 Å². The van der Waals surface area contributed by atoms with Crippen LogP contribution in [0.5, 0.6) is 0 Å². The molecule has 0 aromatic heterocycles. The van der Waals surface area contributed by atoms with Gasteiger partial charge in [0.05, 0.1) is 51.1 Å². The summed E-state index contributed by atoms with van der Waals surface area (Å²) in [6.45, 7) is 8.37. The summed E-state index contributed by atoms with van der Waals surface area (Å²) in [6.07, 6.45) is 1.50. The Morgan fingerprint density at radius 3 is 1.70 bits per heavy atom. The van der Waals surface area contributed by atoms with Crippen LogP contribution in [0.4, 0.5) is 0 Å². The van der Waals surface area contributed by atoms with Crippen LogP contribution >= 0.6 is 0 Å². The smallest absolute Gasteiger partial charge is 0.296 e. The van der Waals surface area contributed by atoms with Gasteiger partial charge < -0.3 is 18.9 Å². The predicted octanol–water partition coefficient (Wildman–Crippen LogP) is 2.57. The van der Waals surface area contributed by atoms with Gasteiger partial charge in [0.15, 0.2) is 0 Å². The zero-order valence-electron chi connectivity index (χ0n) is 16.4. The number of hydrogen-bond donors (Lipinski definition) is 0. The molecular weight excluding hydrogens is 372 g/mol. The number of rotatable bonds is 17. The Morgan fingerprint density at radius 1 is 0.704 bits per heavy atom. The van der Waals surface area contributed by atoms with Gasteiger partial charge in [0, 0.05) is 13.2 Å². The zero-order chi connectivity index (χ0) is 19.8. The van der Waals surface area contributed by atoms with Gasteiger partial charge in [0.25, 0.3) is 10.1 Å². The molecule has 8 heteroatoms. The minimum absolute atomic E-state index is 0.0883. The summed E-state index contributed by atoms with van der Waals surface area (Å²) >= 11 is 0. The lowest BCUT2D eigenvalue weighted by atomic mass is 10.2. The second kappa shape index (κ2) is 15.0. The Kier molecular flexibility index (Phi) is 13.3. The maximum absolute atomic E-state index is 12.0. The van der Waals surface area contributed by atoms with E-state index in [-0.39, 0.29) is 11.5 Å². The summed E-state index contributed by atoms with van der Waals surface area (Å²) in [7, 11) is -3.70. The van der Waals surface area contributed by atoms with E-state index in [9.17, 15) is 8.42 Å². The molecule has 0 aliphatic heterocycles. The van der Waals surface area contributed by atoms with Crippen molar-refractivity contribution in [3.8, 4) is 0 Å². The number of ether oxygens (including phenoxy) is 4. The molecule has 1 aromatic rings. The minimum Gasteiger partial charge on any atom is -0.379 e. The van der Waals surface area contributed by atoms with E-state index >= 15 is 0 Å². The molecule has 0 saturated carbocycles. The van der Waals surface area contributed by atoms with Gasteiger partial charge in [-0.2, -0.15) is 8.42 Å². The van der Waals surface area contributed by atoms with Gasteiger partial charge in [-0.05, 0) is 31.9 Å². The first-order valence-electron chi connectivity index (χ1n) is 9.33. The van der Waals surface area contributed by atoms with Gasteiger partial charge in [-0.1, -0.05) is 24.6 Å². The standard InChI is InChI=1S/C19H32O7S/c1-3-9-22-12-14-24-16-17-25-15-13-23-10-4-11-26-27(20,21)19-7-5-18(2)6-8-19/h5-8H,3-4,9-17H2,1-2H3. The van der Waals surface area contributed by atoms with E-state index in [0.717, 1.165) is 18.6 Å². The molecule has 27 heavy (non-hydrogen) atoms. The van der Waals surface area contributed by atoms with Gasteiger partial charge in [-0.15, -0.1) is 0 Å². The average molecular weight is 405 g/mol. The fourth-order valence-electron chi connectivity index (χ4n) is 2.01. The first kappa shape index (κ1) is 24.0. The molecule has 0 bridgehead atoms. The van der Waals surface area contributed by atoms with Crippen LogP contribution in [-0.4, -0.2) is 67.9 Å². The Bertz CT molecular complexity index is 572. The molecule has 0 heterocycles. The van der Waals surface area contributed by atoms with Crippen LogP contribution in [0.25, 0.3) is 0 Å². The van der Waals surface area contributed by atoms with E-state index in [4.69, 9.17) is 23.1 Å². The number of hydrogen-bond acceptors (Lipinski definition) is 7. The Hall–Kier alpha value is -1.03. The Morgan fingerprint density at radius 2 is 1.19 bits per heavy atom. The van der Waals surface area contributed by atoms with E-state index in [2.05, 4.69) is 6.92 Å². The fourth-order valence-corrected chi connectivity index (χ4v) is 2.95. The highest BCUT2D eigenvalue weighted by Gasteiger charge is 2.14. The zero-order valence-corrected chi connectivity index (χ0v) is 17.2. The fraction of sp³-hybridized carbons (Fsp3) is 0.684. The lowest BCUT2D eigenvalue weighted by molar-refractivity contribution is -0.00260. The van der Waals surface area contributed by atoms with Gasteiger partial charge in [-0.25, -0.2) is 0 Å². The third-order valence-corrected chi connectivity index (χ3v) is 4.77. The highest BCUT2D eigenvalue weighted by Crippen LogP contribution is 2.13. The first-order chi connectivity index (χ1) is 13.1. The van der Waals surface area contributed by atoms with Crippen LogP contribution in [0.15, 0.2) is 29.2 Å². The highest BCUT2D eigenvalue weighted by molar-refractivity contribution is 7.86. The molecular formula is C19H32O7S. The molecule has 156 valence electrons. The quantitative estimate of drug-likeness (QED) is 0.292. The van der Waals surface area contributed by atoms with E-state index in [1.165, 1.54) is 0 Å². The van der Waals surface area contributed by atoms with Crippen molar-refractivity contribution in [2.45, 2.75) is 31.6 Å². The molecule has 0 unspecified atom stereocenters. The van der Waals surface area contributed by atoms with Crippen molar-refractivity contribution in [1.29, 1.82) is 0 Å². The van der Waals surface area contributed by atoms with Crippen LogP contribution in [0, 0.1) is 6.92 Å². The number of benzene rings is 1. The number of aryl methyl sites for hydroxylation is 1. The second-order valence-electron chi connectivity index (χ2n) is 5.89. The lowest BCUT2D eigenvalue weighted by Crippen LogP contribution is -2.13. The van der Waals surface area contributed by atoms with E-state index in [0.29, 0.717) is 52.7 Å². The van der Waals surface area contributed by atoms with Gasteiger partial charge in [0.1, 0.15) is 0 Å². The van der Waals surface area contributed by atoms with Crippen molar-refractivity contribution in [3.05, 3.63) is 29.8 Å². The molecule has 0 N–H and O–H groups in total. The molecule has 0 aliphatic carbocycles. The molecule has 0 aliphatic rings. The Balaban J connectivity index is 1.91. The van der Waals surface area contributed by atoms with Crippen molar-refractivity contribution in [1.82, 2.24) is 0 Å². The van der Waals surface area contributed by atoms with Crippen LogP contribution in [0.2, 0.25) is 0 Å². The van der Waals surface area contributed by atoms with Gasteiger partial charge >= 0.3 is 0 Å². The third kappa shape index (κ3) is 12.1. The summed E-state index contributed by atoms with van der Waals surface area (Å²) in [5.74, 6) is 0. The van der Waals surface area contributed by atoms with E-state index in [1.54, 1.807) is 24.3 Å².